The lowest BCUT2D eigenvalue weighted by Crippen LogP contribution is -2.53. The minimum absolute atomic E-state index is 0.0285. The second-order valence-corrected chi connectivity index (χ2v) is 8.09. The summed E-state index contributed by atoms with van der Waals surface area (Å²) in [7, 11) is 2.91. The summed E-state index contributed by atoms with van der Waals surface area (Å²) < 4.78 is 10.1. The van der Waals surface area contributed by atoms with Crippen molar-refractivity contribution in [3.63, 3.8) is 0 Å². The van der Waals surface area contributed by atoms with Crippen molar-refractivity contribution in [1.29, 1.82) is 0 Å². The van der Waals surface area contributed by atoms with E-state index >= 15 is 0 Å². The van der Waals surface area contributed by atoms with Gasteiger partial charge in [0.25, 0.3) is 11.8 Å². The van der Waals surface area contributed by atoms with Crippen molar-refractivity contribution in [2.45, 2.75) is 12.8 Å². The average Bonchev–Trinajstić information content (AvgIpc) is 2.92. The predicted molar refractivity (Wildman–Crippen MR) is 127 cm³/mol. The largest absolute Gasteiger partial charge is 0.497 e. The van der Waals surface area contributed by atoms with Crippen molar-refractivity contribution in [1.82, 2.24) is 9.80 Å². The summed E-state index contributed by atoms with van der Waals surface area (Å²) >= 11 is 0. The first-order chi connectivity index (χ1) is 17.2. The maximum absolute atomic E-state index is 12.5. The Morgan fingerprint density at radius 1 is 0.639 bits per heavy atom. The van der Waals surface area contributed by atoms with Crippen LogP contribution in [0, 0.1) is 0 Å². The molecule has 0 unspecified atom stereocenters. The van der Waals surface area contributed by atoms with Gasteiger partial charge in [-0.25, -0.2) is 0 Å². The number of methoxy groups -OCH3 is 2. The molecule has 0 N–H and O–H groups in total. The number of benzene rings is 2. The van der Waals surface area contributed by atoms with Crippen LogP contribution in [0.3, 0.4) is 0 Å². The second kappa shape index (κ2) is 11.9. The van der Waals surface area contributed by atoms with Crippen LogP contribution in [0.4, 0.5) is 0 Å². The van der Waals surface area contributed by atoms with Crippen molar-refractivity contribution in [2.24, 2.45) is 0 Å². The summed E-state index contributed by atoms with van der Waals surface area (Å²) in [6, 6.07) is 12.6. The zero-order chi connectivity index (χ0) is 26.2. The van der Waals surface area contributed by atoms with E-state index in [4.69, 9.17) is 9.47 Å². The normalized spacial score (nSPS) is 13.1. The molecule has 2 aromatic rings. The molecule has 0 aromatic heterocycles. The molecule has 2 aromatic carbocycles. The van der Waals surface area contributed by atoms with E-state index in [1.165, 1.54) is 48.3 Å². The number of rotatable bonds is 10. The van der Waals surface area contributed by atoms with Crippen molar-refractivity contribution in [3.05, 3.63) is 59.7 Å². The van der Waals surface area contributed by atoms with Crippen molar-refractivity contribution >= 4 is 34.9 Å². The highest BCUT2D eigenvalue weighted by atomic mass is 16.5. The highest BCUT2D eigenvalue weighted by Crippen LogP contribution is 2.16. The number of nitrogens with zero attached hydrogens (tertiary/aromatic N) is 2. The topological polar surface area (TPSA) is 127 Å². The van der Waals surface area contributed by atoms with Crippen LogP contribution in [-0.2, 0) is 19.2 Å². The summed E-state index contributed by atoms with van der Waals surface area (Å²) in [6.07, 6.45) is -1.17. The summed E-state index contributed by atoms with van der Waals surface area (Å²) in [5.74, 6) is -3.46. The van der Waals surface area contributed by atoms with Crippen LogP contribution in [-0.4, -0.2) is 85.1 Å². The monoisotopic (exact) mass is 494 g/mol. The van der Waals surface area contributed by atoms with Crippen LogP contribution < -0.4 is 9.47 Å². The Bertz CT molecular complexity index is 1100. The molecule has 1 aliphatic heterocycles. The van der Waals surface area contributed by atoms with Gasteiger partial charge in [0.2, 0.25) is 11.6 Å². The van der Waals surface area contributed by atoms with Gasteiger partial charge in [0.05, 0.1) is 27.1 Å². The van der Waals surface area contributed by atoms with Gasteiger partial charge < -0.3 is 19.3 Å². The molecule has 1 fully saturated rings. The van der Waals surface area contributed by atoms with Gasteiger partial charge in [0.1, 0.15) is 11.5 Å². The minimum atomic E-state index is -0.859. The molecule has 0 radical (unpaired) electrons. The number of carbonyl (C=O) groups excluding carboxylic acids is 6. The number of hydrogen-bond donors (Lipinski definition) is 0. The van der Waals surface area contributed by atoms with E-state index in [1.54, 1.807) is 24.3 Å². The fourth-order valence-corrected chi connectivity index (χ4v) is 3.71. The first-order valence-electron chi connectivity index (χ1n) is 11.2. The molecule has 0 saturated carbocycles. The van der Waals surface area contributed by atoms with Gasteiger partial charge >= 0.3 is 0 Å². The molecule has 0 atom stereocenters. The van der Waals surface area contributed by atoms with Crippen molar-refractivity contribution < 1.29 is 38.2 Å². The summed E-state index contributed by atoms with van der Waals surface area (Å²) in [5, 5.41) is 0. The molecule has 3 rings (SSSR count). The lowest BCUT2D eigenvalue weighted by molar-refractivity contribution is -0.149. The van der Waals surface area contributed by atoms with Crippen molar-refractivity contribution in [3.8, 4) is 11.5 Å². The van der Waals surface area contributed by atoms with E-state index in [0.29, 0.717) is 11.5 Å². The Balaban J connectivity index is 1.50. The van der Waals surface area contributed by atoms with Crippen LogP contribution in [0.15, 0.2) is 48.5 Å². The third-order valence-electron chi connectivity index (χ3n) is 5.76. The summed E-state index contributed by atoms with van der Waals surface area (Å²) in [6.45, 7) is 0.114. The molecule has 188 valence electrons. The Labute approximate surface area is 207 Å². The van der Waals surface area contributed by atoms with Crippen LogP contribution >= 0.6 is 0 Å². The van der Waals surface area contributed by atoms with Crippen LogP contribution in [0.5, 0.6) is 11.5 Å². The molecule has 36 heavy (non-hydrogen) atoms. The van der Waals surface area contributed by atoms with Gasteiger partial charge in [0.15, 0.2) is 11.6 Å². The summed E-state index contributed by atoms with van der Waals surface area (Å²) in [5.41, 5.74) is 0.515. The molecule has 10 nitrogen and oxygen atoms in total. The average molecular weight is 495 g/mol. The number of ketones is 4. The number of amides is 2. The second-order valence-electron chi connectivity index (χ2n) is 8.09. The number of hydrogen-bond acceptors (Lipinski definition) is 8. The van der Waals surface area contributed by atoms with Gasteiger partial charge in [-0.3, -0.25) is 28.8 Å². The van der Waals surface area contributed by atoms with E-state index in [0.717, 1.165) is 0 Å². The molecule has 0 spiro atoms. The Hall–Kier alpha value is -4.34. The van der Waals surface area contributed by atoms with Gasteiger partial charge in [0, 0.05) is 37.3 Å². The highest BCUT2D eigenvalue weighted by molar-refractivity contribution is 6.41. The predicted octanol–water partition coefficient (Wildman–Crippen LogP) is 1.36. The molecule has 1 saturated heterocycles. The highest BCUT2D eigenvalue weighted by Gasteiger charge is 2.31. The minimum Gasteiger partial charge on any atom is -0.497 e. The SMILES string of the molecule is COc1cccc(C(=O)CC(=O)C(=O)N2CCN(C(=O)C(=O)CC(=O)c3cccc(OC)c3)CC2)c1. The fourth-order valence-electron chi connectivity index (χ4n) is 3.71. The number of piperazine rings is 1. The van der Waals surface area contributed by atoms with Crippen molar-refractivity contribution in [2.75, 3.05) is 40.4 Å². The first-order valence-corrected chi connectivity index (χ1v) is 11.2. The van der Waals surface area contributed by atoms with Gasteiger partial charge in [-0.05, 0) is 24.3 Å². The van der Waals surface area contributed by atoms with Gasteiger partial charge in [-0.1, -0.05) is 24.3 Å². The number of ether oxygens (including phenoxy) is 2. The lowest BCUT2D eigenvalue weighted by atomic mass is 10.0. The Morgan fingerprint density at radius 3 is 1.33 bits per heavy atom. The third-order valence-corrected chi connectivity index (χ3v) is 5.76. The van der Waals surface area contributed by atoms with Crippen LogP contribution in [0.2, 0.25) is 0 Å². The molecule has 10 heteroatoms. The molecule has 0 bridgehead atoms. The molecule has 1 aliphatic rings. The maximum Gasteiger partial charge on any atom is 0.290 e. The van der Waals surface area contributed by atoms with Gasteiger partial charge in [-0.15, -0.1) is 0 Å². The first kappa shape index (κ1) is 26.3. The fraction of sp³-hybridized carbons (Fsp3) is 0.308. The number of Topliss-reactive ketones (excluding diaryl/α,β-unsaturated/α-hetero) is 4. The van der Waals surface area contributed by atoms with Gasteiger partial charge in [-0.2, -0.15) is 0 Å². The smallest absolute Gasteiger partial charge is 0.290 e. The Kier molecular flexibility index (Phi) is 8.66. The third kappa shape index (κ3) is 6.41. The lowest BCUT2D eigenvalue weighted by Gasteiger charge is -2.34. The van der Waals surface area contributed by atoms with E-state index in [2.05, 4.69) is 0 Å². The number of carbonyl (C=O) groups is 6. The molecule has 0 aliphatic carbocycles. The molecule has 2 amide bonds. The molecule has 1 heterocycles. The molecular formula is C26H26N2O8. The van der Waals surface area contributed by atoms with E-state index in [-0.39, 0.29) is 37.3 Å². The summed E-state index contributed by atoms with van der Waals surface area (Å²) in [4.78, 5) is 77.1. The standard InChI is InChI=1S/C26H26N2O8/c1-35-19-7-3-5-17(13-19)21(29)15-23(31)25(33)27-9-11-28(12-10-27)26(34)24(32)16-22(30)18-6-4-8-20(14-18)36-2/h3-8,13-14H,9-12,15-16H2,1-2H3. The molecular weight excluding hydrogens is 468 g/mol. The van der Waals surface area contributed by atoms with E-state index in [1.807, 2.05) is 0 Å². The Morgan fingerprint density at radius 2 is 1.00 bits per heavy atom. The van der Waals surface area contributed by atoms with Crippen LogP contribution in [0.25, 0.3) is 0 Å². The van der Waals surface area contributed by atoms with E-state index < -0.39 is 47.8 Å². The quantitative estimate of drug-likeness (QED) is 0.275. The van der Waals surface area contributed by atoms with Crippen LogP contribution in [0.1, 0.15) is 33.6 Å². The zero-order valence-electron chi connectivity index (χ0n) is 20.0. The maximum atomic E-state index is 12.5. The zero-order valence-corrected chi connectivity index (χ0v) is 20.0. The van der Waals surface area contributed by atoms with E-state index in [9.17, 15) is 28.8 Å².